The van der Waals surface area contributed by atoms with E-state index in [1.54, 1.807) is 23.1 Å². The molecule has 0 saturated heterocycles. The highest BCUT2D eigenvalue weighted by Crippen LogP contribution is 2.29. The molecular weight excluding hydrogens is 358 g/mol. The molecule has 0 aliphatic rings. The number of thiophene rings is 1. The highest BCUT2D eigenvalue weighted by molar-refractivity contribution is 8.00. The van der Waals surface area contributed by atoms with Crippen molar-refractivity contribution >= 4 is 45.5 Å². The molecule has 0 bridgehead atoms. The monoisotopic (exact) mass is 375 g/mol. The first-order valence-corrected chi connectivity index (χ1v) is 10.2. The molecular formula is C17H17N3OS3. The predicted octanol–water partition coefficient (Wildman–Crippen LogP) is 5.02. The second-order valence-electron chi connectivity index (χ2n) is 5.17. The molecule has 0 radical (unpaired) electrons. The summed E-state index contributed by atoms with van der Waals surface area (Å²) in [6.07, 6.45) is 0.947. The summed E-state index contributed by atoms with van der Waals surface area (Å²) in [6.45, 7) is 4.14. The van der Waals surface area contributed by atoms with Gasteiger partial charge in [0, 0.05) is 10.6 Å². The van der Waals surface area contributed by atoms with Crippen LogP contribution < -0.4 is 5.32 Å². The third-order valence-electron chi connectivity index (χ3n) is 3.40. The van der Waals surface area contributed by atoms with Crippen LogP contribution in [0.15, 0.2) is 40.7 Å². The van der Waals surface area contributed by atoms with Gasteiger partial charge in [0.1, 0.15) is 0 Å². The topological polar surface area (TPSA) is 54.9 Å². The van der Waals surface area contributed by atoms with Crippen molar-refractivity contribution in [2.75, 3.05) is 5.32 Å². The summed E-state index contributed by atoms with van der Waals surface area (Å²) in [5.74, 6) is 0.728. The summed E-state index contributed by atoms with van der Waals surface area (Å²) in [6, 6.07) is 12.2. The van der Waals surface area contributed by atoms with Crippen molar-refractivity contribution in [3.05, 3.63) is 57.3 Å². The van der Waals surface area contributed by atoms with Crippen LogP contribution in [-0.2, 0) is 12.2 Å². The first kappa shape index (κ1) is 17.1. The van der Waals surface area contributed by atoms with Crippen molar-refractivity contribution in [3.63, 3.8) is 0 Å². The van der Waals surface area contributed by atoms with Crippen LogP contribution in [0.1, 0.15) is 32.6 Å². The van der Waals surface area contributed by atoms with Crippen molar-refractivity contribution < 1.29 is 4.79 Å². The number of nitrogens with zero attached hydrogens (tertiary/aromatic N) is 2. The van der Waals surface area contributed by atoms with E-state index in [1.165, 1.54) is 27.3 Å². The molecule has 0 unspecified atom stereocenters. The number of benzene rings is 1. The fourth-order valence-corrected chi connectivity index (χ4v) is 4.89. The Bertz CT molecular complexity index is 827. The van der Waals surface area contributed by atoms with Gasteiger partial charge in [-0.1, -0.05) is 60.4 Å². The lowest BCUT2D eigenvalue weighted by Crippen LogP contribution is -2.09. The number of amides is 1. The van der Waals surface area contributed by atoms with Gasteiger partial charge in [-0.15, -0.1) is 21.5 Å². The highest BCUT2D eigenvalue weighted by atomic mass is 32.2. The quantitative estimate of drug-likeness (QED) is 0.486. The Balaban J connectivity index is 1.60. The van der Waals surface area contributed by atoms with Crippen LogP contribution in [0.3, 0.4) is 0 Å². The molecule has 3 rings (SSSR count). The predicted molar refractivity (Wildman–Crippen MR) is 102 cm³/mol. The van der Waals surface area contributed by atoms with Gasteiger partial charge < -0.3 is 0 Å². The number of anilines is 1. The van der Waals surface area contributed by atoms with Crippen LogP contribution in [-0.4, -0.2) is 16.1 Å². The van der Waals surface area contributed by atoms with E-state index in [0.29, 0.717) is 5.13 Å². The molecule has 0 atom stereocenters. The zero-order valence-electron chi connectivity index (χ0n) is 13.4. The number of carbonyl (C=O) groups is 1. The number of thioether (sulfide) groups is 1. The van der Waals surface area contributed by atoms with Gasteiger partial charge >= 0.3 is 0 Å². The van der Waals surface area contributed by atoms with E-state index < -0.39 is 0 Å². The largest absolute Gasteiger partial charge is 0.296 e. The molecule has 1 aromatic carbocycles. The zero-order valence-corrected chi connectivity index (χ0v) is 15.9. The Labute approximate surface area is 153 Å². The molecule has 1 amide bonds. The molecule has 0 saturated carbocycles. The lowest BCUT2D eigenvalue weighted by atomic mass is 10.2. The molecule has 3 aromatic rings. The second-order valence-corrected chi connectivity index (χ2v) is 8.51. The van der Waals surface area contributed by atoms with Crippen molar-refractivity contribution in [2.45, 2.75) is 30.4 Å². The van der Waals surface area contributed by atoms with E-state index in [-0.39, 0.29) is 5.91 Å². The maximum atomic E-state index is 12.3. The van der Waals surface area contributed by atoms with E-state index in [1.807, 2.05) is 31.2 Å². The molecule has 4 nitrogen and oxygen atoms in total. The third-order valence-corrected chi connectivity index (χ3v) is 6.82. The first-order chi connectivity index (χ1) is 11.7. The molecule has 0 spiro atoms. The van der Waals surface area contributed by atoms with Crippen LogP contribution in [0.2, 0.25) is 0 Å². The minimum absolute atomic E-state index is 0.112. The Morgan fingerprint density at radius 3 is 2.71 bits per heavy atom. The van der Waals surface area contributed by atoms with Gasteiger partial charge in [0.15, 0.2) is 4.34 Å². The van der Waals surface area contributed by atoms with E-state index >= 15 is 0 Å². The van der Waals surface area contributed by atoms with E-state index in [9.17, 15) is 4.79 Å². The average molecular weight is 376 g/mol. The minimum Gasteiger partial charge on any atom is -0.296 e. The number of rotatable bonds is 6. The summed E-state index contributed by atoms with van der Waals surface area (Å²) < 4.78 is 0.853. The van der Waals surface area contributed by atoms with Crippen LogP contribution in [0.4, 0.5) is 5.13 Å². The molecule has 24 heavy (non-hydrogen) atoms. The Hall–Kier alpha value is -1.70. The van der Waals surface area contributed by atoms with Crippen LogP contribution in [0, 0.1) is 6.92 Å². The summed E-state index contributed by atoms with van der Waals surface area (Å²) in [4.78, 5) is 14.3. The smallest absolute Gasteiger partial charge is 0.267 e. The fourth-order valence-electron chi connectivity index (χ4n) is 2.18. The number of nitrogens with one attached hydrogen (secondary N) is 1. The first-order valence-electron chi connectivity index (χ1n) is 7.56. The van der Waals surface area contributed by atoms with Gasteiger partial charge in [-0.2, -0.15) is 0 Å². The number of aromatic nitrogens is 2. The number of hydrogen-bond donors (Lipinski definition) is 1. The van der Waals surface area contributed by atoms with Crippen molar-refractivity contribution in [2.24, 2.45) is 0 Å². The third kappa shape index (κ3) is 4.23. The second kappa shape index (κ2) is 7.92. The molecule has 0 fully saturated rings. The minimum atomic E-state index is -0.112. The maximum Gasteiger partial charge on any atom is 0.267 e. The molecule has 7 heteroatoms. The number of hydrogen-bond acceptors (Lipinski definition) is 6. The lowest BCUT2D eigenvalue weighted by molar-refractivity contribution is 0.103. The Morgan fingerprint density at radius 1 is 1.21 bits per heavy atom. The van der Waals surface area contributed by atoms with Gasteiger partial charge in [-0.05, 0) is 30.5 Å². The van der Waals surface area contributed by atoms with E-state index in [2.05, 4.69) is 34.6 Å². The van der Waals surface area contributed by atoms with E-state index in [4.69, 9.17) is 0 Å². The summed E-state index contributed by atoms with van der Waals surface area (Å²) in [7, 11) is 0. The maximum absolute atomic E-state index is 12.3. The van der Waals surface area contributed by atoms with Gasteiger partial charge in [0.25, 0.3) is 5.91 Å². The molecule has 2 aromatic heterocycles. The Morgan fingerprint density at radius 2 is 2.00 bits per heavy atom. The van der Waals surface area contributed by atoms with Crippen molar-refractivity contribution in [1.29, 1.82) is 0 Å². The van der Waals surface area contributed by atoms with Gasteiger partial charge in [-0.3, -0.25) is 10.1 Å². The summed E-state index contributed by atoms with van der Waals surface area (Å²) >= 11 is 4.57. The van der Waals surface area contributed by atoms with Gasteiger partial charge in [0.05, 0.1) is 4.88 Å². The standard InChI is InChI=1S/C17H17N3OS3/c1-3-13-11(2)9-14(23-13)15(21)18-16-19-20-17(24-16)22-10-12-7-5-4-6-8-12/h4-9H,3,10H2,1-2H3,(H,18,19,21). The number of carbonyl (C=O) groups excluding carboxylic acids is 1. The molecule has 0 aliphatic heterocycles. The van der Waals surface area contributed by atoms with Crippen LogP contribution in [0.25, 0.3) is 0 Å². The van der Waals surface area contributed by atoms with Crippen molar-refractivity contribution in [3.8, 4) is 0 Å². The lowest BCUT2D eigenvalue weighted by Gasteiger charge is -1.97. The normalized spacial score (nSPS) is 10.8. The molecule has 124 valence electrons. The number of aryl methyl sites for hydroxylation is 2. The van der Waals surface area contributed by atoms with Crippen LogP contribution >= 0.6 is 34.4 Å². The highest BCUT2D eigenvalue weighted by Gasteiger charge is 2.14. The molecule has 0 aliphatic carbocycles. The Kier molecular flexibility index (Phi) is 5.65. The zero-order chi connectivity index (χ0) is 16.9. The van der Waals surface area contributed by atoms with E-state index in [0.717, 1.165) is 21.4 Å². The van der Waals surface area contributed by atoms with Crippen molar-refractivity contribution in [1.82, 2.24) is 10.2 Å². The fraction of sp³-hybridized carbons (Fsp3) is 0.235. The van der Waals surface area contributed by atoms with Gasteiger partial charge in [-0.25, -0.2) is 0 Å². The summed E-state index contributed by atoms with van der Waals surface area (Å²) in [5.41, 5.74) is 2.41. The molecule has 1 N–H and O–H groups in total. The molecule has 2 heterocycles. The summed E-state index contributed by atoms with van der Waals surface area (Å²) in [5, 5.41) is 11.6. The average Bonchev–Trinajstić information content (AvgIpc) is 3.20. The van der Waals surface area contributed by atoms with Gasteiger partial charge in [0.2, 0.25) is 5.13 Å². The SMILES string of the molecule is CCc1sc(C(=O)Nc2nnc(SCc3ccccc3)s2)cc1C. The van der Waals surface area contributed by atoms with Crippen LogP contribution in [0.5, 0.6) is 0 Å².